The number of aliphatic hydroxyl groups excluding tert-OH is 1. The third-order valence-electron chi connectivity index (χ3n) is 4.59. The molecule has 0 unspecified atom stereocenters. The summed E-state index contributed by atoms with van der Waals surface area (Å²) >= 11 is 0. The van der Waals surface area contributed by atoms with Crippen LogP contribution in [0, 0.1) is 16.6 Å². The molecular weight excluding hydrogens is 426 g/mol. The van der Waals surface area contributed by atoms with E-state index in [-0.39, 0.29) is 12.6 Å². The molecule has 4 aromatic rings. The molecule has 5 N–H and O–H groups in total. The van der Waals surface area contributed by atoms with Gasteiger partial charge in [0.2, 0.25) is 5.95 Å². The second-order valence-electron chi connectivity index (χ2n) is 6.99. The number of benzene rings is 2. The number of aromatic nitrogens is 4. The van der Waals surface area contributed by atoms with Crippen molar-refractivity contribution in [2.75, 3.05) is 17.2 Å². The van der Waals surface area contributed by atoms with Crippen LogP contribution in [0.5, 0.6) is 0 Å². The maximum Gasteiger partial charge on any atom is 0.229 e. The Hall–Kier alpha value is -3.94. The molecule has 0 radical (unpaired) electrons. The molecule has 0 aliphatic heterocycles. The molecule has 10 heteroatoms. The number of aliphatic hydroxyl groups is 1. The average molecular weight is 447 g/mol. The molecule has 4 rings (SSSR count). The zero-order valence-electron chi connectivity index (χ0n) is 17.1. The molecule has 0 saturated carbocycles. The molecule has 2 aromatic carbocycles. The molecule has 0 aliphatic carbocycles. The van der Waals surface area contributed by atoms with Gasteiger partial charge < -0.3 is 24.7 Å². The van der Waals surface area contributed by atoms with Crippen LogP contribution in [0.1, 0.15) is 18.1 Å². The first-order chi connectivity index (χ1) is 15.5. The molecule has 0 saturated heterocycles. The van der Waals surface area contributed by atoms with Crippen molar-refractivity contribution in [3.63, 3.8) is 0 Å². The fourth-order valence-corrected chi connectivity index (χ4v) is 3.31. The predicted octanol–water partition coefficient (Wildman–Crippen LogP) is 3.37. The number of nitrogens with one attached hydrogen (secondary N) is 4. The fourth-order valence-electron chi connectivity index (χ4n) is 2.93. The van der Waals surface area contributed by atoms with E-state index in [1.165, 1.54) is 0 Å². The molecule has 9 nitrogen and oxygen atoms in total. The number of aromatic amines is 1. The van der Waals surface area contributed by atoms with E-state index < -0.39 is 10.6 Å². The first kappa shape index (κ1) is 21.3. The van der Waals surface area contributed by atoms with Crippen molar-refractivity contribution >= 4 is 39.0 Å². The topological polar surface area (TPSA) is 140 Å². The van der Waals surface area contributed by atoms with Gasteiger partial charge in [0.25, 0.3) is 0 Å². The third-order valence-corrected chi connectivity index (χ3v) is 5.29. The quantitative estimate of drug-likeness (QED) is 0.226. The summed E-state index contributed by atoms with van der Waals surface area (Å²) in [7, 11) is -1.79. The summed E-state index contributed by atoms with van der Waals surface area (Å²) in [6.45, 7) is 1.76. The van der Waals surface area contributed by atoms with Gasteiger partial charge in [0.05, 0.1) is 30.1 Å². The zero-order chi connectivity index (χ0) is 22.5. The second kappa shape index (κ2) is 9.47. The maximum absolute atomic E-state index is 11.2. The van der Waals surface area contributed by atoms with Gasteiger partial charge >= 0.3 is 0 Å². The highest BCUT2D eigenvalue weighted by Gasteiger charge is 2.09. The molecule has 32 heavy (non-hydrogen) atoms. The van der Waals surface area contributed by atoms with Crippen LogP contribution >= 0.6 is 0 Å². The van der Waals surface area contributed by atoms with Crippen molar-refractivity contribution in [1.29, 1.82) is 4.78 Å². The van der Waals surface area contributed by atoms with Gasteiger partial charge in [-0.15, -0.1) is 0 Å². The number of rotatable bonds is 6. The van der Waals surface area contributed by atoms with Crippen LogP contribution in [-0.2, 0) is 14.8 Å². The molecule has 2 aromatic heterocycles. The summed E-state index contributed by atoms with van der Waals surface area (Å²) in [5, 5.41) is 23.6. The van der Waals surface area contributed by atoms with Gasteiger partial charge in [0, 0.05) is 22.7 Å². The second-order valence-corrected chi connectivity index (χ2v) is 8.00. The Kier molecular flexibility index (Phi) is 6.30. The number of hydrogen-bond acceptors (Lipinski definition) is 9. The standard InChI is InChI=1S/C22H20N7O2S/c1-14(13-30)26-21-16(6-5-15-3-2-4-20-19(15)12-25-29-20)11-24-22(28-21)27-17-7-9-18(10-8-17)32(23)31/h2-4,7-12,14,23,30H,13H2,1H3,(H,25,29)(H2,24,26,27,28)/q-1/t14-/m1/s1. The van der Waals surface area contributed by atoms with Gasteiger partial charge in [-0.1, -0.05) is 34.9 Å². The first-order valence-electron chi connectivity index (χ1n) is 9.72. The van der Waals surface area contributed by atoms with Crippen LogP contribution in [0.3, 0.4) is 0 Å². The number of H-pyrrole nitrogens is 1. The molecular formula is C22H20N7O2S-. The highest BCUT2D eigenvalue weighted by molar-refractivity contribution is 7.73. The van der Waals surface area contributed by atoms with Crippen molar-refractivity contribution in [1.82, 2.24) is 20.2 Å². The van der Waals surface area contributed by atoms with Gasteiger partial charge in [0.1, 0.15) is 5.82 Å². The van der Waals surface area contributed by atoms with Crippen molar-refractivity contribution in [3.8, 4) is 11.8 Å². The Balaban J connectivity index is 1.65. The Morgan fingerprint density at radius 3 is 2.69 bits per heavy atom. The van der Waals surface area contributed by atoms with E-state index in [1.807, 2.05) is 25.1 Å². The van der Waals surface area contributed by atoms with Crippen LogP contribution in [-0.4, -0.2) is 37.9 Å². The van der Waals surface area contributed by atoms with Gasteiger partial charge in [-0.3, -0.25) is 5.10 Å². The summed E-state index contributed by atoms with van der Waals surface area (Å²) in [5.74, 6) is 7.08. The van der Waals surface area contributed by atoms with Crippen LogP contribution in [0.15, 0.2) is 59.8 Å². The lowest BCUT2D eigenvalue weighted by Gasteiger charge is -2.14. The number of hydrogen-bond donors (Lipinski definition) is 5. The summed E-state index contributed by atoms with van der Waals surface area (Å²) in [5.41, 5.74) is 2.99. The highest BCUT2D eigenvalue weighted by Crippen LogP contribution is 2.20. The average Bonchev–Trinajstić information content (AvgIpc) is 3.28. The molecule has 0 fully saturated rings. The van der Waals surface area contributed by atoms with E-state index >= 15 is 0 Å². The van der Waals surface area contributed by atoms with Crippen molar-refractivity contribution in [2.45, 2.75) is 17.9 Å². The normalized spacial score (nSPS) is 11.7. The lowest BCUT2D eigenvalue weighted by Crippen LogP contribution is -2.21. The number of fused-ring (bicyclic) bond motifs is 1. The highest BCUT2D eigenvalue weighted by atomic mass is 32.2. The molecule has 0 spiro atoms. The van der Waals surface area contributed by atoms with Gasteiger partial charge in [-0.2, -0.15) is 20.7 Å². The van der Waals surface area contributed by atoms with Crippen LogP contribution in [0.4, 0.5) is 17.5 Å². The van der Waals surface area contributed by atoms with E-state index in [0.717, 1.165) is 16.5 Å². The zero-order valence-corrected chi connectivity index (χ0v) is 17.9. The van der Waals surface area contributed by atoms with Gasteiger partial charge in [-0.05, 0) is 31.2 Å². The summed E-state index contributed by atoms with van der Waals surface area (Å²) in [6, 6.07) is 12.1. The van der Waals surface area contributed by atoms with Gasteiger partial charge in [0.15, 0.2) is 0 Å². The van der Waals surface area contributed by atoms with Crippen molar-refractivity contribution in [3.05, 3.63) is 66.0 Å². The molecule has 0 aliphatic rings. The van der Waals surface area contributed by atoms with Crippen LogP contribution < -0.4 is 10.6 Å². The van der Waals surface area contributed by atoms with Crippen molar-refractivity contribution < 1.29 is 9.32 Å². The largest absolute Gasteiger partial charge is 0.440 e. The Morgan fingerprint density at radius 2 is 1.94 bits per heavy atom. The molecule has 1 atom stereocenters. The van der Waals surface area contributed by atoms with E-state index in [4.69, 9.17) is 4.78 Å². The SMILES string of the molecule is C[C@H](CO)Nc1nc(Nc2ccc([S-](=N)=O)cc2)ncc1C#Cc1cccc2[nH]ncc12. The summed E-state index contributed by atoms with van der Waals surface area (Å²) < 4.78 is 18.5. The van der Waals surface area contributed by atoms with E-state index in [2.05, 4.69) is 42.6 Å². The van der Waals surface area contributed by atoms with Gasteiger partial charge in [-0.25, -0.2) is 4.98 Å². The Bertz CT molecular complexity index is 1380. The molecule has 2 heterocycles. The lowest BCUT2D eigenvalue weighted by molar-refractivity contribution is 0.281. The fraction of sp³-hybridized carbons (Fsp3) is 0.136. The minimum Gasteiger partial charge on any atom is -0.440 e. The smallest absolute Gasteiger partial charge is 0.229 e. The van der Waals surface area contributed by atoms with E-state index in [9.17, 15) is 9.32 Å². The minimum absolute atomic E-state index is 0.0698. The molecule has 162 valence electrons. The Labute approximate surface area is 186 Å². The van der Waals surface area contributed by atoms with Crippen molar-refractivity contribution in [2.24, 2.45) is 0 Å². The first-order valence-corrected chi connectivity index (χ1v) is 10.9. The predicted molar refractivity (Wildman–Crippen MR) is 123 cm³/mol. The number of anilines is 3. The van der Waals surface area contributed by atoms with E-state index in [0.29, 0.717) is 27.9 Å². The van der Waals surface area contributed by atoms with Crippen LogP contribution in [0.2, 0.25) is 0 Å². The van der Waals surface area contributed by atoms with E-state index in [1.54, 1.807) is 36.7 Å². The minimum atomic E-state index is -1.79. The lowest BCUT2D eigenvalue weighted by atomic mass is 10.1. The summed E-state index contributed by atoms with van der Waals surface area (Å²) in [4.78, 5) is 9.27. The van der Waals surface area contributed by atoms with Crippen LogP contribution in [0.25, 0.3) is 10.9 Å². The monoisotopic (exact) mass is 446 g/mol. The Morgan fingerprint density at radius 1 is 1.16 bits per heavy atom. The third kappa shape index (κ3) is 4.85. The molecule has 0 amide bonds. The molecule has 0 bridgehead atoms. The maximum atomic E-state index is 11.2. The number of nitrogens with zero attached hydrogens (tertiary/aromatic N) is 3. The summed E-state index contributed by atoms with van der Waals surface area (Å²) in [6.07, 6.45) is 3.34.